The van der Waals surface area contributed by atoms with Crippen molar-refractivity contribution in [3.63, 3.8) is 0 Å². The highest BCUT2D eigenvalue weighted by molar-refractivity contribution is 7.99. The molecule has 0 heterocycles. The van der Waals surface area contributed by atoms with Crippen LogP contribution in [0.2, 0.25) is 0 Å². The van der Waals surface area contributed by atoms with Crippen molar-refractivity contribution in [3.05, 3.63) is 17.7 Å². The van der Waals surface area contributed by atoms with Gasteiger partial charge in [-0.3, -0.25) is 4.39 Å². The van der Waals surface area contributed by atoms with Crippen molar-refractivity contribution < 1.29 is 13.9 Å². The zero-order chi connectivity index (χ0) is 14.3. The molecule has 2 N–H and O–H groups in total. The molecule has 0 aliphatic heterocycles. The first-order valence-electron chi connectivity index (χ1n) is 6.31. The molecule has 0 aliphatic rings. The highest BCUT2D eigenvalue weighted by Gasteiger charge is 2.12. The fraction of sp³-hybridized carbons (Fsp3) is 0.571. The van der Waals surface area contributed by atoms with Crippen LogP contribution in [0.1, 0.15) is 18.9 Å². The molecule has 1 unspecified atom stereocenters. The van der Waals surface area contributed by atoms with Crippen molar-refractivity contribution in [2.24, 2.45) is 5.73 Å². The smallest absolute Gasteiger partial charge is 0.132 e. The summed E-state index contributed by atoms with van der Waals surface area (Å²) in [4.78, 5) is 0.973. The second-order valence-corrected chi connectivity index (χ2v) is 5.52. The number of hydrogen-bond donors (Lipinski definition) is 1. The topological polar surface area (TPSA) is 44.5 Å². The van der Waals surface area contributed by atoms with E-state index in [-0.39, 0.29) is 12.7 Å². The molecule has 0 fully saturated rings. The summed E-state index contributed by atoms with van der Waals surface area (Å²) >= 11 is 1.58. The van der Waals surface area contributed by atoms with Gasteiger partial charge in [-0.05, 0) is 37.5 Å². The SMILES string of the molecule is COc1cc(SCCCF)c(OC)cc1CC(C)N. The van der Waals surface area contributed by atoms with E-state index < -0.39 is 0 Å². The summed E-state index contributed by atoms with van der Waals surface area (Å²) in [5, 5.41) is 0. The Balaban J connectivity index is 2.97. The van der Waals surface area contributed by atoms with Crippen molar-refractivity contribution in [3.8, 4) is 11.5 Å². The Morgan fingerprint density at radius 2 is 1.95 bits per heavy atom. The first-order chi connectivity index (χ1) is 9.12. The van der Waals surface area contributed by atoms with Gasteiger partial charge in [0, 0.05) is 11.8 Å². The largest absolute Gasteiger partial charge is 0.496 e. The lowest BCUT2D eigenvalue weighted by molar-refractivity contribution is 0.389. The van der Waals surface area contributed by atoms with Gasteiger partial charge in [0.25, 0.3) is 0 Å². The average Bonchev–Trinajstić information content (AvgIpc) is 2.39. The standard InChI is InChI=1S/C14H22FNO2S/c1-10(16)7-11-8-13(18-3)14(9-12(11)17-2)19-6-4-5-15/h8-10H,4-7,16H2,1-3H3. The summed E-state index contributed by atoms with van der Waals surface area (Å²) in [6.45, 7) is 1.66. The van der Waals surface area contributed by atoms with Crippen LogP contribution in [0, 0.1) is 0 Å². The Labute approximate surface area is 118 Å². The summed E-state index contributed by atoms with van der Waals surface area (Å²) in [6, 6.07) is 3.96. The maximum absolute atomic E-state index is 12.1. The minimum atomic E-state index is -0.296. The van der Waals surface area contributed by atoms with Crippen LogP contribution < -0.4 is 15.2 Å². The number of rotatable bonds is 8. The molecule has 0 spiro atoms. The van der Waals surface area contributed by atoms with Gasteiger partial charge in [0.15, 0.2) is 0 Å². The summed E-state index contributed by atoms with van der Waals surface area (Å²) in [7, 11) is 3.28. The second-order valence-electron chi connectivity index (χ2n) is 4.39. The van der Waals surface area contributed by atoms with E-state index >= 15 is 0 Å². The fourth-order valence-corrected chi connectivity index (χ4v) is 2.74. The van der Waals surface area contributed by atoms with E-state index in [9.17, 15) is 4.39 Å². The molecule has 0 aromatic heterocycles. The number of hydrogen-bond acceptors (Lipinski definition) is 4. The average molecular weight is 287 g/mol. The molecule has 0 saturated heterocycles. The van der Waals surface area contributed by atoms with E-state index in [1.807, 2.05) is 19.1 Å². The Kier molecular flexibility index (Phi) is 7.02. The number of methoxy groups -OCH3 is 2. The monoisotopic (exact) mass is 287 g/mol. The Morgan fingerprint density at radius 3 is 2.47 bits per heavy atom. The van der Waals surface area contributed by atoms with Crippen molar-refractivity contribution in [1.82, 2.24) is 0 Å². The van der Waals surface area contributed by atoms with Crippen LogP contribution >= 0.6 is 11.8 Å². The lowest BCUT2D eigenvalue weighted by Crippen LogP contribution is -2.18. The van der Waals surface area contributed by atoms with Gasteiger partial charge in [0.05, 0.1) is 25.8 Å². The van der Waals surface area contributed by atoms with Crippen molar-refractivity contribution in [2.45, 2.75) is 30.7 Å². The van der Waals surface area contributed by atoms with E-state index in [4.69, 9.17) is 15.2 Å². The lowest BCUT2D eigenvalue weighted by Gasteiger charge is -2.15. The van der Waals surface area contributed by atoms with Crippen LogP contribution in [0.4, 0.5) is 4.39 Å². The number of thioether (sulfide) groups is 1. The van der Waals surface area contributed by atoms with Crippen LogP contribution in [0.3, 0.4) is 0 Å². The molecule has 19 heavy (non-hydrogen) atoms. The molecule has 1 atom stereocenters. The van der Waals surface area contributed by atoms with E-state index in [2.05, 4.69) is 0 Å². The van der Waals surface area contributed by atoms with Crippen LogP contribution in [0.15, 0.2) is 17.0 Å². The van der Waals surface area contributed by atoms with Gasteiger partial charge in [0.1, 0.15) is 11.5 Å². The summed E-state index contributed by atoms with van der Waals surface area (Å²) in [5.74, 6) is 2.32. The van der Waals surface area contributed by atoms with Gasteiger partial charge in [-0.15, -0.1) is 11.8 Å². The number of ether oxygens (including phenoxy) is 2. The maximum Gasteiger partial charge on any atom is 0.132 e. The first kappa shape index (κ1) is 16.1. The molecule has 1 aromatic carbocycles. The minimum Gasteiger partial charge on any atom is -0.496 e. The van der Waals surface area contributed by atoms with Crippen molar-refractivity contribution >= 4 is 11.8 Å². The van der Waals surface area contributed by atoms with Gasteiger partial charge in [0.2, 0.25) is 0 Å². The minimum absolute atomic E-state index is 0.0589. The Bertz CT molecular complexity index is 399. The molecular formula is C14H22FNO2S. The molecule has 1 aromatic rings. The quantitative estimate of drug-likeness (QED) is 0.589. The zero-order valence-corrected chi connectivity index (χ0v) is 12.6. The van der Waals surface area contributed by atoms with E-state index in [1.54, 1.807) is 26.0 Å². The van der Waals surface area contributed by atoms with Crippen LogP contribution in [-0.2, 0) is 6.42 Å². The zero-order valence-electron chi connectivity index (χ0n) is 11.7. The van der Waals surface area contributed by atoms with Crippen LogP contribution in [0.25, 0.3) is 0 Å². The van der Waals surface area contributed by atoms with Crippen molar-refractivity contribution in [2.75, 3.05) is 26.6 Å². The van der Waals surface area contributed by atoms with Gasteiger partial charge in [-0.2, -0.15) is 0 Å². The number of benzene rings is 1. The predicted molar refractivity (Wildman–Crippen MR) is 78.2 cm³/mol. The van der Waals surface area contributed by atoms with Gasteiger partial charge in [-0.1, -0.05) is 0 Å². The third-order valence-electron chi connectivity index (χ3n) is 2.64. The molecule has 0 aliphatic carbocycles. The second kappa shape index (κ2) is 8.27. The van der Waals surface area contributed by atoms with Crippen LogP contribution in [0.5, 0.6) is 11.5 Å². The van der Waals surface area contributed by atoms with E-state index in [0.717, 1.165) is 34.1 Å². The number of alkyl halides is 1. The van der Waals surface area contributed by atoms with Gasteiger partial charge >= 0.3 is 0 Å². The summed E-state index contributed by atoms with van der Waals surface area (Å²) in [6.07, 6.45) is 1.27. The molecular weight excluding hydrogens is 265 g/mol. The number of halogens is 1. The summed E-state index contributed by atoms with van der Waals surface area (Å²) in [5.41, 5.74) is 6.86. The van der Waals surface area contributed by atoms with Gasteiger partial charge in [-0.25, -0.2) is 0 Å². The number of nitrogens with two attached hydrogens (primary N) is 1. The third kappa shape index (κ3) is 4.91. The third-order valence-corrected chi connectivity index (χ3v) is 3.77. The fourth-order valence-electron chi connectivity index (χ4n) is 1.79. The lowest BCUT2D eigenvalue weighted by atomic mass is 10.1. The molecule has 5 heteroatoms. The van der Waals surface area contributed by atoms with E-state index in [0.29, 0.717) is 6.42 Å². The molecule has 108 valence electrons. The highest BCUT2D eigenvalue weighted by Crippen LogP contribution is 2.36. The molecule has 0 bridgehead atoms. The normalized spacial score (nSPS) is 12.3. The molecule has 0 amide bonds. The summed E-state index contributed by atoms with van der Waals surface area (Å²) < 4.78 is 22.9. The Hall–Kier alpha value is -0.940. The molecule has 0 saturated carbocycles. The maximum atomic E-state index is 12.1. The van der Waals surface area contributed by atoms with Crippen LogP contribution in [-0.4, -0.2) is 32.7 Å². The van der Waals surface area contributed by atoms with Gasteiger partial charge < -0.3 is 15.2 Å². The highest BCUT2D eigenvalue weighted by atomic mass is 32.2. The molecule has 0 radical (unpaired) electrons. The van der Waals surface area contributed by atoms with E-state index in [1.165, 1.54) is 0 Å². The van der Waals surface area contributed by atoms with Crippen molar-refractivity contribution in [1.29, 1.82) is 0 Å². The Morgan fingerprint density at radius 1 is 1.26 bits per heavy atom. The predicted octanol–water partition coefficient (Wildman–Crippen LogP) is 3.05. The first-order valence-corrected chi connectivity index (χ1v) is 7.30. The molecule has 3 nitrogen and oxygen atoms in total. The molecule has 1 rings (SSSR count).